The van der Waals surface area contributed by atoms with Gasteiger partial charge in [0, 0.05) is 23.1 Å². The lowest BCUT2D eigenvalue weighted by atomic mass is 9.96. The molecule has 1 aliphatic heterocycles. The van der Waals surface area contributed by atoms with Crippen LogP contribution in [0.4, 0.5) is 0 Å². The van der Waals surface area contributed by atoms with Gasteiger partial charge in [-0.05, 0) is 31.4 Å². The lowest BCUT2D eigenvalue weighted by Crippen LogP contribution is -2.41. The number of hydrogen-bond acceptors (Lipinski definition) is 3. The van der Waals surface area contributed by atoms with Crippen molar-refractivity contribution in [3.63, 3.8) is 0 Å². The number of ketones is 1. The van der Waals surface area contributed by atoms with Crippen molar-refractivity contribution in [2.24, 2.45) is 5.92 Å². The fraction of sp³-hybridized carbons (Fsp3) is 0.400. The molecule has 1 heterocycles. The number of rotatable bonds is 3. The summed E-state index contributed by atoms with van der Waals surface area (Å²) >= 11 is 3.29. The summed E-state index contributed by atoms with van der Waals surface area (Å²) in [6.07, 6.45) is 2.98. The van der Waals surface area contributed by atoms with Gasteiger partial charge in [-0.25, -0.2) is 0 Å². The van der Waals surface area contributed by atoms with E-state index in [0.29, 0.717) is 18.7 Å². The molecule has 5 heteroatoms. The van der Waals surface area contributed by atoms with Gasteiger partial charge >= 0.3 is 0 Å². The van der Waals surface area contributed by atoms with Gasteiger partial charge in [0.2, 0.25) is 5.91 Å². The Morgan fingerprint density at radius 2 is 1.75 bits per heavy atom. The van der Waals surface area contributed by atoms with Crippen LogP contribution in [0.1, 0.15) is 29.6 Å². The molecule has 1 aromatic rings. The van der Waals surface area contributed by atoms with Crippen LogP contribution in [0.15, 0.2) is 28.7 Å². The number of benzene rings is 1. The lowest BCUT2D eigenvalue weighted by Gasteiger charge is -2.28. The van der Waals surface area contributed by atoms with Crippen LogP contribution in [0.5, 0.6) is 0 Å². The summed E-state index contributed by atoms with van der Waals surface area (Å²) in [6.45, 7) is 1.29. The first-order valence-electron chi connectivity index (χ1n) is 6.61. The highest BCUT2D eigenvalue weighted by Gasteiger charge is 2.31. The van der Waals surface area contributed by atoms with Crippen LogP contribution in [0, 0.1) is 17.2 Å². The van der Waals surface area contributed by atoms with Crippen LogP contribution in [0.25, 0.3) is 0 Å². The summed E-state index contributed by atoms with van der Waals surface area (Å²) in [5.41, 5.74) is 0.394. The number of likely N-dealkylation sites (tertiary alicyclic amines) is 1. The van der Waals surface area contributed by atoms with Crippen molar-refractivity contribution in [3.05, 3.63) is 34.3 Å². The molecular formula is C15H15BrN2O2. The van der Waals surface area contributed by atoms with Gasteiger partial charge in [0.15, 0.2) is 11.7 Å². The van der Waals surface area contributed by atoms with Crippen LogP contribution >= 0.6 is 15.9 Å². The van der Waals surface area contributed by atoms with E-state index in [9.17, 15) is 14.9 Å². The summed E-state index contributed by atoms with van der Waals surface area (Å²) < 4.78 is 0.852. The molecule has 0 spiro atoms. The van der Waals surface area contributed by atoms with Gasteiger partial charge in [-0.2, -0.15) is 5.26 Å². The molecule has 1 saturated heterocycles. The number of hydrogen-bond donors (Lipinski definition) is 0. The van der Waals surface area contributed by atoms with Gasteiger partial charge in [-0.15, -0.1) is 0 Å². The highest BCUT2D eigenvalue weighted by Crippen LogP contribution is 2.17. The van der Waals surface area contributed by atoms with Crippen LogP contribution in [0.3, 0.4) is 0 Å². The molecule has 1 amide bonds. The van der Waals surface area contributed by atoms with Crippen molar-refractivity contribution < 1.29 is 9.59 Å². The maximum atomic E-state index is 12.3. The molecule has 0 radical (unpaired) electrons. The standard InChI is InChI=1S/C15H15BrN2O2/c16-12-6-4-11(5-7-12)14(19)13(10-17)15(20)18-8-2-1-3-9-18/h4-7,13H,1-3,8-9H2/t13-/m1/s1. The monoisotopic (exact) mass is 334 g/mol. The Labute approximate surface area is 126 Å². The minimum absolute atomic E-state index is 0.361. The van der Waals surface area contributed by atoms with E-state index in [1.165, 1.54) is 0 Å². The molecule has 20 heavy (non-hydrogen) atoms. The fourth-order valence-electron chi connectivity index (χ4n) is 2.30. The molecule has 0 bridgehead atoms. The molecule has 1 atom stereocenters. The predicted molar refractivity (Wildman–Crippen MR) is 78.0 cm³/mol. The Hall–Kier alpha value is -1.67. The van der Waals surface area contributed by atoms with E-state index < -0.39 is 11.7 Å². The van der Waals surface area contributed by atoms with Crippen LogP contribution < -0.4 is 0 Å². The minimum atomic E-state index is -1.23. The van der Waals surface area contributed by atoms with Crippen molar-refractivity contribution in [2.75, 3.05) is 13.1 Å². The number of Topliss-reactive ketones (excluding diaryl/α,β-unsaturated/α-hetero) is 1. The summed E-state index contributed by atoms with van der Waals surface area (Å²) in [5.74, 6) is -2.01. The molecule has 0 aromatic heterocycles. The summed E-state index contributed by atoms with van der Waals surface area (Å²) in [6, 6.07) is 8.57. The molecule has 0 aliphatic carbocycles. The predicted octanol–water partition coefficient (Wildman–Crippen LogP) is 2.78. The number of carbonyl (C=O) groups excluding carboxylic acids is 2. The number of carbonyl (C=O) groups is 2. The molecule has 4 nitrogen and oxygen atoms in total. The lowest BCUT2D eigenvalue weighted by molar-refractivity contribution is -0.133. The average Bonchev–Trinajstić information content (AvgIpc) is 2.49. The van der Waals surface area contributed by atoms with Gasteiger partial charge in [-0.1, -0.05) is 28.1 Å². The van der Waals surface area contributed by atoms with Gasteiger partial charge in [-0.3, -0.25) is 9.59 Å². The highest BCUT2D eigenvalue weighted by molar-refractivity contribution is 9.10. The van der Waals surface area contributed by atoms with Crippen molar-refractivity contribution >= 4 is 27.6 Å². The number of nitrogens with zero attached hydrogens (tertiary/aromatic N) is 2. The topological polar surface area (TPSA) is 61.2 Å². The van der Waals surface area contributed by atoms with Crippen molar-refractivity contribution in [1.29, 1.82) is 5.26 Å². The Morgan fingerprint density at radius 1 is 1.15 bits per heavy atom. The molecule has 1 aromatic carbocycles. The first-order chi connectivity index (χ1) is 9.63. The molecule has 0 unspecified atom stereocenters. The second-order valence-corrected chi connectivity index (χ2v) is 5.73. The third-order valence-electron chi connectivity index (χ3n) is 3.43. The highest BCUT2D eigenvalue weighted by atomic mass is 79.9. The van der Waals surface area contributed by atoms with Gasteiger partial charge in [0.05, 0.1) is 6.07 Å². The van der Waals surface area contributed by atoms with E-state index in [-0.39, 0.29) is 5.91 Å². The average molecular weight is 335 g/mol. The number of nitriles is 1. The smallest absolute Gasteiger partial charge is 0.247 e. The summed E-state index contributed by atoms with van der Waals surface area (Å²) in [4.78, 5) is 26.2. The van der Waals surface area contributed by atoms with Crippen molar-refractivity contribution in [2.45, 2.75) is 19.3 Å². The quantitative estimate of drug-likeness (QED) is 0.630. The van der Waals surface area contributed by atoms with E-state index in [2.05, 4.69) is 15.9 Å². The molecule has 0 N–H and O–H groups in total. The maximum Gasteiger partial charge on any atom is 0.247 e. The zero-order chi connectivity index (χ0) is 14.5. The number of piperidine rings is 1. The third-order valence-corrected chi connectivity index (χ3v) is 3.96. The van der Waals surface area contributed by atoms with Gasteiger partial charge < -0.3 is 4.90 Å². The van der Waals surface area contributed by atoms with E-state index in [4.69, 9.17) is 0 Å². The molecule has 1 aliphatic rings. The first kappa shape index (κ1) is 14.7. The largest absolute Gasteiger partial charge is 0.341 e. The van der Waals surface area contributed by atoms with Gasteiger partial charge in [0.1, 0.15) is 0 Å². The normalized spacial score (nSPS) is 16.3. The van der Waals surface area contributed by atoms with E-state index in [0.717, 1.165) is 23.7 Å². The Kier molecular flexibility index (Phi) is 4.91. The van der Waals surface area contributed by atoms with Crippen LogP contribution in [-0.2, 0) is 4.79 Å². The SMILES string of the molecule is N#C[C@H](C(=O)c1ccc(Br)cc1)C(=O)N1CCCCC1. The second-order valence-electron chi connectivity index (χ2n) is 4.82. The first-order valence-corrected chi connectivity index (χ1v) is 7.41. The molecular weight excluding hydrogens is 320 g/mol. The van der Waals surface area contributed by atoms with E-state index >= 15 is 0 Å². The van der Waals surface area contributed by atoms with Gasteiger partial charge in [0.25, 0.3) is 0 Å². The van der Waals surface area contributed by atoms with Crippen molar-refractivity contribution in [1.82, 2.24) is 4.90 Å². The fourth-order valence-corrected chi connectivity index (χ4v) is 2.57. The Balaban J connectivity index is 2.15. The third kappa shape index (κ3) is 3.26. The van der Waals surface area contributed by atoms with E-state index in [1.54, 1.807) is 29.2 Å². The number of amides is 1. The number of halogens is 1. The zero-order valence-corrected chi connectivity index (χ0v) is 12.6. The zero-order valence-electron chi connectivity index (χ0n) is 11.0. The molecule has 0 saturated carbocycles. The van der Waals surface area contributed by atoms with Crippen LogP contribution in [-0.4, -0.2) is 29.7 Å². The molecule has 2 rings (SSSR count). The van der Waals surface area contributed by atoms with Crippen molar-refractivity contribution in [3.8, 4) is 6.07 Å². The Morgan fingerprint density at radius 3 is 2.30 bits per heavy atom. The maximum absolute atomic E-state index is 12.3. The van der Waals surface area contributed by atoms with E-state index in [1.807, 2.05) is 6.07 Å². The minimum Gasteiger partial charge on any atom is -0.341 e. The van der Waals surface area contributed by atoms with Crippen LogP contribution in [0.2, 0.25) is 0 Å². The summed E-state index contributed by atoms with van der Waals surface area (Å²) in [7, 11) is 0. The Bertz CT molecular complexity index is 542. The summed E-state index contributed by atoms with van der Waals surface area (Å²) in [5, 5.41) is 9.19. The second kappa shape index (κ2) is 6.67. The molecule has 104 valence electrons. The molecule has 1 fully saturated rings.